The Morgan fingerprint density at radius 2 is 1.95 bits per heavy atom. The summed E-state index contributed by atoms with van der Waals surface area (Å²) in [6.45, 7) is 0.304. The Hall–Kier alpha value is -1.63. The fraction of sp³-hybridized carbons (Fsp3) is 0.0769. The first-order valence-electron chi connectivity index (χ1n) is 5.69. The molecule has 0 atom stereocenters. The minimum Gasteiger partial charge on any atom is -0.326 e. The van der Waals surface area contributed by atoms with E-state index in [1.165, 1.54) is 0 Å². The van der Waals surface area contributed by atoms with Crippen LogP contribution in [0.5, 0.6) is 0 Å². The summed E-state index contributed by atoms with van der Waals surface area (Å²) in [4.78, 5) is -0.109. The zero-order chi connectivity index (χ0) is 14.8. The number of nitrogens with two attached hydrogens (primary N) is 1. The number of hydrogen-bond acceptors (Lipinski definition) is 3. The van der Waals surface area contributed by atoms with Crippen molar-refractivity contribution in [1.82, 2.24) is 0 Å². The van der Waals surface area contributed by atoms with Crippen molar-refractivity contribution in [2.45, 2.75) is 11.4 Å². The Morgan fingerprint density at radius 3 is 2.60 bits per heavy atom. The van der Waals surface area contributed by atoms with Crippen molar-refractivity contribution < 1.29 is 12.8 Å². The molecular weight excluding hydrogens is 303 g/mol. The second kappa shape index (κ2) is 5.78. The Kier molecular flexibility index (Phi) is 4.27. The first-order valence-corrected chi connectivity index (χ1v) is 7.55. The van der Waals surface area contributed by atoms with Gasteiger partial charge in [0.2, 0.25) is 0 Å². The standard InChI is InChI=1S/C13H12ClFN2O2S/c14-12-7-11(4-5-13(12)15)20(18,19)17-10-3-1-2-9(6-10)8-16/h1-7,17H,8,16H2. The van der Waals surface area contributed by atoms with Crippen LogP contribution in [0.15, 0.2) is 47.4 Å². The molecule has 4 nitrogen and oxygen atoms in total. The van der Waals surface area contributed by atoms with E-state index in [0.29, 0.717) is 12.2 Å². The summed E-state index contributed by atoms with van der Waals surface area (Å²) in [7, 11) is -3.82. The van der Waals surface area contributed by atoms with E-state index in [9.17, 15) is 12.8 Å². The SMILES string of the molecule is NCc1cccc(NS(=O)(=O)c2ccc(F)c(Cl)c2)c1. The first kappa shape index (κ1) is 14.8. The van der Waals surface area contributed by atoms with Gasteiger partial charge in [0, 0.05) is 12.2 Å². The molecule has 2 aromatic carbocycles. The maximum Gasteiger partial charge on any atom is 0.261 e. The maximum atomic E-state index is 13.1. The zero-order valence-electron chi connectivity index (χ0n) is 10.3. The molecule has 2 aromatic rings. The van der Waals surface area contributed by atoms with E-state index in [2.05, 4.69) is 4.72 Å². The highest BCUT2D eigenvalue weighted by molar-refractivity contribution is 7.92. The van der Waals surface area contributed by atoms with Crippen LogP contribution in [-0.2, 0) is 16.6 Å². The van der Waals surface area contributed by atoms with Crippen LogP contribution in [0.2, 0.25) is 5.02 Å². The minimum absolute atomic E-state index is 0.109. The summed E-state index contributed by atoms with van der Waals surface area (Å²) in [5.41, 5.74) is 6.67. The van der Waals surface area contributed by atoms with Crippen LogP contribution >= 0.6 is 11.6 Å². The van der Waals surface area contributed by atoms with Gasteiger partial charge in [-0.3, -0.25) is 4.72 Å². The van der Waals surface area contributed by atoms with Crippen LogP contribution in [-0.4, -0.2) is 8.42 Å². The molecule has 0 aliphatic carbocycles. The van der Waals surface area contributed by atoms with Gasteiger partial charge in [0.05, 0.1) is 9.92 Å². The third kappa shape index (κ3) is 3.27. The predicted molar refractivity (Wildman–Crippen MR) is 76.6 cm³/mol. The normalized spacial score (nSPS) is 11.3. The lowest BCUT2D eigenvalue weighted by atomic mass is 10.2. The van der Waals surface area contributed by atoms with Crippen LogP contribution in [0.3, 0.4) is 0 Å². The maximum absolute atomic E-state index is 13.1. The molecule has 0 unspecified atom stereocenters. The highest BCUT2D eigenvalue weighted by Crippen LogP contribution is 2.22. The van der Waals surface area contributed by atoms with Gasteiger partial charge in [0.25, 0.3) is 10.0 Å². The molecule has 0 radical (unpaired) electrons. The quantitative estimate of drug-likeness (QED) is 0.911. The van der Waals surface area contributed by atoms with Crippen LogP contribution in [0, 0.1) is 5.82 Å². The Morgan fingerprint density at radius 1 is 1.20 bits per heavy atom. The molecule has 3 N–H and O–H groups in total. The topological polar surface area (TPSA) is 72.2 Å². The molecule has 2 rings (SSSR count). The second-order valence-electron chi connectivity index (χ2n) is 4.09. The molecule has 0 amide bonds. The lowest BCUT2D eigenvalue weighted by Crippen LogP contribution is -2.13. The predicted octanol–water partition coefficient (Wildman–Crippen LogP) is 2.74. The molecule has 0 aliphatic rings. The van der Waals surface area contributed by atoms with Gasteiger partial charge in [-0.15, -0.1) is 0 Å². The van der Waals surface area contributed by atoms with Gasteiger partial charge in [0.15, 0.2) is 0 Å². The molecule has 0 aliphatic heterocycles. The van der Waals surface area contributed by atoms with E-state index in [1.54, 1.807) is 24.3 Å². The number of hydrogen-bond donors (Lipinski definition) is 2. The Bertz CT molecular complexity index is 735. The molecule has 0 aromatic heterocycles. The van der Waals surface area contributed by atoms with E-state index < -0.39 is 15.8 Å². The van der Waals surface area contributed by atoms with Crippen molar-refractivity contribution in [2.24, 2.45) is 5.73 Å². The van der Waals surface area contributed by atoms with Gasteiger partial charge in [-0.25, -0.2) is 12.8 Å². The molecule has 7 heteroatoms. The summed E-state index contributed by atoms with van der Waals surface area (Å²) in [5.74, 6) is -0.671. The molecule has 0 fully saturated rings. The Labute approximate surface area is 121 Å². The number of anilines is 1. The van der Waals surface area contributed by atoms with Gasteiger partial charge in [-0.1, -0.05) is 23.7 Å². The lowest BCUT2D eigenvalue weighted by Gasteiger charge is -2.09. The third-order valence-corrected chi connectivity index (χ3v) is 4.28. The molecule has 0 heterocycles. The fourth-order valence-corrected chi connectivity index (χ4v) is 2.94. The summed E-state index contributed by atoms with van der Waals surface area (Å²) >= 11 is 5.59. The molecule has 20 heavy (non-hydrogen) atoms. The number of halogens is 2. The smallest absolute Gasteiger partial charge is 0.261 e. The van der Waals surface area contributed by atoms with Gasteiger partial charge in [-0.2, -0.15) is 0 Å². The van der Waals surface area contributed by atoms with E-state index in [-0.39, 0.29) is 9.92 Å². The van der Waals surface area contributed by atoms with E-state index in [0.717, 1.165) is 23.8 Å². The average Bonchev–Trinajstić information content (AvgIpc) is 2.41. The largest absolute Gasteiger partial charge is 0.326 e. The highest BCUT2D eigenvalue weighted by Gasteiger charge is 2.16. The average molecular weight is 315 g/mol. The van der Waals surface area contributed by atoms with Crippen LogP contribution in [0.1, 0.15) is 5.56 Å². The summed E-state index contributed by atoms with van der Waals surface area (Å²) in [6.07, 6.45) is 0. The van der Waals surface area contributed by atoms with E-state index in [1.807, 2.05) is 0 Å². The second-order valence-corrected chi connectivity index (χ2v) is 6.18. The van der Waals surface area contributed by atoms with E-state index in [4.69, 9.17) is 17.3 Å². The molecule has 0 saturated heterocycles. The van der Waals surface area contributed by atoms with Crippen LogP contribution < -0.4 is 10.5 Å². The van der Waals surface area contributed by atoms with Crippen molar-refractivity contribution in [3.8, 4) is 0 Å². The highest BCUT2D eigenvalue weighted by atomic mass is 35.5. The summed E-state index contributed by atoms with van der Waals surface area (Å²) in [6, 6.07) is 9.92. The minimum atomic E-state index is -3.82. The number of rotatable bonds is 4. The molecular formula is C13H12ClFN2O2S. The van der Waals surface area contributed by atoms with Crippen LogP contribution in [0.25, 0.3) is 0 Å². The summed E-state index contributed by atoms with van der Waals surface area (Å²) in [5, 5.41) is -0.247. The summed E-state index contributed by atoms with van der Waals surface area (Å²) < 4.78 is 39.7. The number of nitrogens with one attached hydrogen (secondary N) is 1. The zero-order valence-corrected chi connectivity index (χ0v) is 11.9. The van der Waals surface area contributed by atoms with Crippen molar-refractivity contribution in [2.75, 3.05) is 4.72 Å². The van der Waals surface area contributed by atoms with E-state index >= 15 is 0 Å². The van der Waals surface area contributed by atoms with Gasteiger partial charge >= 0.3 is 0 Å². The first-order chi connectivity index (χ1) is 9.42. The van der Waals surface area contributed by atoms with Crippen molar-refractivity contribution in [1.29, 1.82) is 0 Å². The monoisotopic (exact) mass is 314 g/mol. The third-order valence-electron chi connectivity index (χ3n) is 2.62. The van der Waals surface area contributed by atoms with Crippen molar-refractivity contribution in [3.05, 3.63) is 58.9 Å². The number of sulfonamides is 1. The number of benzene rings is 2. The Balaban J connectivity index is 2.32. The van der Waals surface area contributed by atoms with Gasteiger partial charge in [0.1, 0.15) is 5.82 Å². The molecule has 0 spiro atoms. The van der Waals surface area contributed by atoms with Crippen molar-refractivity contribution >= 4 is 27.3 Å². The fourth-order valence-electron chi connectivity index (χ4n) is 1.62. The van der Waals surface area contributed by atoms with Gasteiger partial charge in [-0.05, 0) is 35.9 Å². The van der Waals surface area contributed by atoms with Crippen molar-refractivity contribution in [3.63, 3.8) is 0 Å². The molecule has 0 saturated carbocycles. The van der Waals surface area contributed by atoms with Crippen LogP contribution in [0.4, 0.5) is 10.1 Å². The lowest BCUT2D eigenvalue weighted by molar-refractivity contribution is 0.599. The molecule has 0 bridgehead atoms. The molecule has 106 valence electrons. The van der Waals surface area contributed by atoms with Gasteiger partial charge < -0.3 is 5.73 Å².